The molecule has 0 aromatic heterocycles. The van der Waals surface area contributed by atoms with Gasteiger partial charge in [-0.15, -0.1) is 0 Å². The Labute approximate surface area is 213 Å². The van der Waals surface area contributed by atoms with E-state index in [0.29, 0.717) is 38.7 Å². The van der Waals surface area contributed by atoms with E-state index in [1.807, 2.05) is 24.3 Å². The van der Waals surface area contributed by atoms with Crippen LogP contribution in [-0.2, 0) is 11.4 Å². The van der Waals surface area contributed by atoms with Crippen LogP contribution in [0.15, 0.2) is 66.4 Å². The fourth-order valence-corrected chi connectivity index (χ4v) is 4.25. The third-order valence-electron chi connectivity index (χ3n) is 4.57. The molecule has 5 nitrogen and oxygen atoms in total. The van der Waals surface area contributed by atoms with Crippen molar-refractivity contribution in [2.45, 2.75) is 6.61 Å². The molecular formula is C23H14Cl3IN2O3. The molecule has 1 saturated heterocycles. The lowest BCUT2D eigenvalue weighted by Crippen LogP contribution is -2.30. The van der Waals surface area contributed by atoms with Gasteiger partial charge in [0.05, 0.1) is 15.7 Å². The van der Waals surface area contributed by atoms with Crippen LogP contribution in [0.25, 0.3) is 6.08 Å². The number of carbonyl (C=O) groups is 2. The summed E-state index contributed by atoms with van der Waals surface area (Å²) in [5, 5.41) is 3.56. The molecule has 0 bridgehead atoms. The van der Waals surface area contributed by atoms with Gasteiger partial charge in [0, 0.05) is 8.59 Å². The van der Waals surface area contributed by atoms with Crippen molar-refractivity contribution in [3.63, 3.8) is 0 Å². The number of imide groups is 1. The van der Waals surface area contributed by atoms with Gasteiger partial charge in [-0.05, 0) is 82.3 Å². The number of nitrogens with zero attached hydrogens (tertiary/aromatic N) is 1. The molecule has 1 aliphatic heterocycles. The lowest BCUT2D eigenvalue weighted by atomic mass is 10.1. The highest BCUT2D eigenvalue weighted by atomic mass is 127. The number of anilines is 1. The maximum atomic E-state index is 12.8. The Morgan fingerprint density at radius 1 is 0.969 bits per heavy atom. The third kappa shape index (κ3) is 5.04. The number of rotatable bonds is 5. The van der Waals surface area contributed by atoms with Gasteiger partial charge in [0.2, 0.25) is 0 Å². The second-order valence-electron chi connectivity index (χ2n) is 6.84. The molecule has 0 spiro atoms. The van der Waals surface area contributed by atoms with Crippen LogP contribution >= 0.6 is 57.4 Å². The molecule has 32 heavy (non-hydrogen) atoms. The van der Waals surface area contributed by atoms with E-state index >= 15 is 0 Å². The van der Waals surface area contributed by atoms with Crippen molar-refractivity contribution >= 4 is 81.1 Å². The predicted octanol–water partition coefficient (Wildman–Crippen LogP) is 6.93. The average molecular weight is 600 g/mol. The van der Waals surface area contributed by atoms with E-state index in [4.69, 9.17) is 39.5 Å². The Hall–Kier alpha value is -2.26. The molecule has 0 atom stereocenters. The second-order valence-corrected chi connectivity index (χ2v) is 9.33. The maximum Gasteiger partial charge on any atom is 0.333 e. The van der Waals surface area contributed by atoms with Crippen LogP contribution < -0.4 is 15.0 Å². The zero-order valence-corrected chi connectivity index (χ0v) is 20.7. The number of benzene rings is 3. The SMILES string of the molecule is O=C1N/C(=C/c2cc(Cl)c(OCc3ccc(I)cc3)c(Cl)c2)C(=O)N1c1cccc(Cl)c1. The molecule has 0 aliphatic carbocycles. The van der Waals surface area contributed by atoms with Gasteiger partial charge in [-0.3, -0.25) is 4.79 Å². The number of nitrogens with one attached hydrogen (secondary N) is 1. The first-order valence-electron chi connectivity index (χ1n) is 9.31. The van der Waals surface area contributed by atoms with Gasteiger partial charge < -0.3 is 10.1 Å². The van der Waals surface area contributed by atoms with Crippen LogP contribution in [0.5, 0.6) is 5.75 Å². The van der Waals surface area contributed by atoms with Gasteiger partial charge in [0.15, 0.2) is 5.75 Å². The van der Waals surface area contributed by atoms with Crippen LogP contribution in [0.1, 0.15) is 11.1 Å². The van der Waals surface area contributed by atoms with Gasteiger partial charge in [-0.2, -0.15) is 0 Å². The first-order chi connectivity index (χ1) is 15.3. The molecule has 1 aliphatic rings. The van der Waals surface area contributed by atoms with E-state index in [9.17, 15) is 9.59 Å². The molecule has 1 fully saturated rings. The zero-order valence-electron chi connectivity index (χ0n) is 16.2. The summed E-state index contributed by atoms with van der Waals surface area (Å²) in [6.45, 7) is 0.305. The van der Waals surface area contributed by atoms with Crippen LogP contribution in [0, 0.1) is 3.57 Å². The molecule has 3 aromatic rings. The largest absolute Gasteiger partial charge is 0.486 e. The summed E-state index contributed by atoms with van der Waals surface area (Å²) in [6, 6.07) is 17.0. The summed E-state index contributed by atoms with van der Waals surface area (Å²) in [4.78, 5) is 26.2. The minimum atomic E-state index is -0.571. The summed E-state index contributed by atoms with van der Waals surface area (Å²) in [5.41, 5.74) is 1.98. The van der Waals surface area contributed by atoms with Crippen molar-refractivity contribution < 1.29 is 14.3 Å². The van der Waals surface area contributed by atoms with Crippen molar-refractivity contribution in [2.24, 2.45) is 0 Å². The Bertz CT molecular complexity index is 1220. The van der Waals surface area contributed by atoms with Crippen LogP contribution in [0.4, 0.5) is 10.5 Å². The van der Waals surface area contributed by atoms with Gasteiger partial charge in [0.25, 0.3) is 5.91 Å². The summed E-state index contributed by atoms with van der Waals surface area (Å²) in [7, 11) is 0. The highest BCUT2D eigenvalue weighted by Crippen LogP contribution is 2.36. The van der Waals surface area contributed by atoms with Gasteiger partial charge in [-0.1, -0.05) is 53.0 Å². The zero-order chi connectivity index (χ0) is 22.8. The lowest BCUT2D eigenvalue weighted by Gasteiger charge is -2.12. The Balaban J connectivity index is 1.54. The Morgan fingerprint density at radius 3 is 2.31 bits per heavy atom. The van der Waals surface area contributed by atoms with Crippen molar-refractivity contribution in [2.75, 3.05) is 4.90 Å². The molecule has 0 radical (unpaired) electrons. The summed E-state index contributed by atoms with van der Waals surface area (Å²) in [6.07, 6.45) is 1.51. The standard InChI is InChI=1S/C23H14Cl3IN2O3/c24-15-2-1-3-17(11-15)29-22(30)20(28-23(29)31)10-14-8-18(25)21(19(26)9-14)32-12-13-4-6-16(27)7-5-13/h1-11H,12H2,(H,28,31)/b20-10+. The van der Waals surface area contributed by atoms with E-state index in [0.717, 1.165) is 14.0 Å². The molecule has 162 valence electrons. The smallest absolute Gasteiger partial charge is 0.333 e. The first kappa shape index (κ1) is 22.9. The predicted molar refractivity (Wildman–Crippen MR) is 135 cm³/mol. The number of carbonyl (C=O) groups excluding carboxylic acids is 2. The summed E-state index contributed by atoms with van der Waals surface area (Å²) >= 11 is 21.0. The lowest BCUT2D eigenvalue weighted by molar-refractivity contribution is -0.113. The van der Waals surface area contributed by atoms with E-state index < -0.39 is 11.9 Å². The Morgan fingerprint density at radius 2 is 1.66 bits per heavy atom. The van der Waals surface area contributed by atoms with Gasteiger partial charge in [0.1, 0.15) is 12.3 Å². The highest BCUT2D eigenvalue weighted by molar-refractivity contribution is 14.1. The van der Waals surface area contributed by atoms with E-state index in [2.05, 4.69) is 27.9 Å². The van der Waals surface area contributed by atoms with Crippen molar-refractivity contribution in [1.82, 2.24) is 5.32 Å². The second kappa shape index (κ2) is 9.70. The molecule has 4 rings (SSSR count). The monoisotopic (exact) mass is 598 g/mol. The van der Waals surface area contributed by atoms with Crippen LogP contribution in [0.3, 0.4) is 0 Å². The molecular weight excluding hydrogens is 586 g/mol. The molecule has 0 saturated carbocycles. The fraction of sp³-hybridized carbons (Fsp3) is 0.0435. The number of halogens is 4. The van der Waals surface area contributed by atoms with Crippen LogP contribution in [0.2, 0.25) is 15.1 Å². The fourth-order valence-electron chi connectivity index (χ4n) is 3.09. The average Bonchev–Trinajstić information content (AvgIpc) is 3.01. The molecule has 3 aromatic carbocycles. The topological polar surface area (TPSA) is 58.6 Å². The maximum absolute atomic E-state index is 12.8. The molecule has 3 amide bonds. The Kier molecular flexibility index (Phi) is 6.95. The number of hydrogen-bond donors (Lipinski definition) is 1. The first-order valence-corrected chi connectivity index (χ1v) is 11.5. The van der Waals surface area contributed by atoms with Gasteiger partial charge >= 0.3 is 6.03 Å². The van der Waals surface area contributed by atoms with Crippen molar-refractivity contribution in [3.05, 3.63) is 96.1 Å². The third-order valence-corrected chi connectivity index (χ3v) is 6.09. The van der Waals surface area contributed by atoms with E-state index in [1.54, 1.807) is 30.3 Å². The van der Waals surface area contributed by atoms with E-state index in [-0.39, 0.29) is 5.70 Å². The number of urea groups is 1. The van der Waals surface area contributed by atoms with Crippen molar-refractivity contribution in [3.8, 4) is 5.75 Å². The molecule has 1 heterocycles. The minimum absolute atomic E-state index is 0.0923. The van der Waals surface area contributed by atoms with E-state index in [1.165, 1.54) is 12.1 Å². The number of amides is 3. The van der Waals surface area contributed by atoms with Crippen molar-refractivity contribution in [1.29, 1.82) is 0 Å². The quantitative estimate of drug-likeness (QED) is 0.197. The normalized spacial score (nSPS) is 14.8. The number of hydrogen-bond acceptors (Lipinski definition) is 3. The summed E-state index contributed by atoms with van der Waals surface area (Å²) < 4.78 is 6.93. The minimum Gasteiger partial charge on any atom is -0.486 e. The summed E-state index contributed by atoms with van der Waals surface area (Å²) in [5.74, 6) is -0.167. The molecule has 0 unspecified atom stereocenters. The highest BCUT2D eigenvalue weighted by Gasteiger charge is 2.35. The molecule has 1 N–H and O–H groups in total. The van der Waals surface area contributed by atoms with Gasteiger partial charge in [-0.25, -0.2) is 9.69 Å². The number of ether oxygens (including phenoxy) is 1. The van der Waals surface area contributed by atoms with Crippen LogP contribution in [-0.4, -0.2) is 11.9 Å². The molecule has 9 heteroatoms.